The average Bonchev–Trinajstić information content (AvgIpc) is 3.38. The number of amides is 2. The van der Waals surface area contributed by atoms with E-state index in [1.807, 2.05) is 25.1 Å². The van der Waals surface area contributed by atoms with Crippen molar-refractivity contribution in [2.24, 2.45) is 0 Å². The van der Waals surface area contributed by atoms with E-state index in [-0.39, 0.29) is 6.04 Å². The lowest BCUT2D eigenvalue weighted by Crippen LogP contribution is -2.47. The highest BCUT2D eigenvalue weighted by atomic mass is 16.5. The van der Waals surface area contributed by atoms with E-state index in [9.17, 15) is 9.59 Å². The third kappa shape index (κ3) is 2.92. The number of hydrogen-bond donors (Lipinski definition) is 1. The fourth-order valence-corrected chi connectivity index (χ4v) is 3.41. The predicted molar refractivity (Wildman–Crippen MR) is 92.0 cm³/mol. The maximum Gasteiger partial charge on any atom is 0.314 e. The van der Waals surface area contributed by atoms with Crippen molar-refractivity contribution < 1.29 is 14.1 Å². The molecule has 130 valence electrons. The smallest absolute Gasteiger partial charge is 0.314 e. The molecule has 1 aliphatic heterocycles. The topological polar surface area (TPSA) is 75.4 Å². The molecule has 1 aromatic heterocycles. The second-order valence-corrected chi connectivity index (χ2v) is 6.99. The van der Waals surface area contributed by atoms with Crippen molar-refractivity contribution in [3.05, 3.63) is 46.8 Å². The molecule has 6 nitrogen and oxygen atoms in total. The van der Waals surface area contributed by atoms with Gasteiger partial charge in [0.05, 0.1) is 0 Å². The van der Waals surface area contributed by atoms with Gasteiger partial charge in [-0.2, -0.15) is 0 Å². The Morgan fingerprint density at radius 1 is 1.24 bits per heavy atom. The minimum absolute atomic E-state index is 0.0142. The van der Waals surface area contributed by atoms with E-state index in [2.05, 4.69) is 16.5 Å². The Morgan fingerprint density at radius 2 is 1.96 bits per heavy atom. The summed E-state index contributed by atoms with van der Waals surface area (Å²) in [5.74, 6) is -0.133. The molecule has 0 bridgehead atoms. The van der Waals surface area contributed by atoms with E-state index in [1.54, 1.807) is 11.8 Å². The summed E-state index contributed by atoms with van der Waals surface area (Å²) in [6, 6.07) is 8.04. The summed E-state index contributed by atoms with van der Waals surface area (Å²) in [6.45, 7) is 4.21. The third-order valence-corrected chi connectivity index (χ3v) is 5.04. The van der Waals surface area contributed by atoms with Crippen molar-refractivity contribution in [3.8, 4) is 0 Å². The summed E-state index contributed by atoms with van der Waals surface area (Å²) >= 11 is 0. The molecule has 2 aliphatic rings. The van der Waals surface area contributed by atoms with Crippen molar-refractivity contribution in [2.45, 2.75) is 51.6 Å². The molecule has 1 aromatic carbocycles. The molecule has 1 atom stereocenters. The minimum Gasteiger partial charge on any atom is -0.359 e. The SMILES string of the molecule is Cc1noc(C2CC2)c1NC(=O)C(=O)N1Cc2ccccc2CC1C. The van der Waals surface area contributed by atoms with Crippen LogP contribution in [0.3, 0.4) is 0 Å². The average molecular weight is 339 g/mol. The van der Waals surface area contributed by atoms with Gasteiger partial charge in [-0.3, -0.25) is 9.59 Å². The lowest BCUT2D eigenvalue weighted by Gasteiger charge is -2.34. The fraction of sp³-hybridized carbons (Fsp3) is 0.421. The highest BCUT2D eigenvalue weighted by molar-refractivity contribution is 6.39. The van der Waals surface area contributed by atoms with Crippen LogP contribution in [0, 0.1) is 6.92 Å². The van der Waals surface area contributed by atoms with Gasteiger partial charge in [0.1, 0.15) is 11.4 Å². The molecule has 2 amide bonds. The number of nitrogens with one attached hydrogen (secondary N) is 1. The molecule has 1 aliphatic carbocycles. The molecule has 1 fully saturated rings. The molecule has 2 aromatic rings. The quantitative estimate of drug-likeness (QED) is 0.854. The summed E-state index contributed by atoms with van der Waals surface area (Å²) in [7, 11) is 0. The van der Waals surface area contributed by atoms with Crippen LogP contribution in [-0.4, -0.2) is 27.9 Å². The molecule has 0 saturated heterocycles. The van der Waals surface area contributed by atoms with E-state index >= 15 is 0 Å². The van der Waals surface area contributed by atoms with Crippen LogP contribution < -0.4 is 5.32 Å². The van der Waals surface area contributed by atoms with Gasteiger partial charge in [0.15, 0.2) is 5.76 Å². The molecule has 2 heterocycles. The molecule has 1 saturated carbocycles. The second-order valence-electron chi connectivity index (χ2n) is 6.99. The first-order chi connectivity index (χ1) is 12.0. The summed E-state index contributed by atoms with van der Waals surface area (Å²) in [5.41, 5.74) is 3.51. The van der Waals surface area contributed by atoms with Gasteiger partial charge in [-0.25, -0.2) is 0 Å². The van der Waals surface area contributed by atoms with Crippen LogP contribution >= 0.6 is 0 Å². The minimum atomic E-state index is -0.626. The van der Waals surface area contributed by atoms with E-state index in [1.165, 1.54) is 5.56 Å². The highest BCUT2D eigenvalue weighted by Crippen LogP contribution is 2.44. The van der Waals surface area contributed by atoms with Crippen molar-refractivity contribution in [3.63, 3.8) is 0 Å². The van der Waals surface area contributed by atoms with Crippen molar-refractivity contribution in [2.75, 3.05) is 5.32 Å². The Kier molecular flexibility index (Phi) is 3.82. The van der Waals surface area contributed by atoms with Crippen LogP contribution in [-0.2, 0) is 22.6 Å². The Labute approximate surface area is 146 Å². The maximum absolute atomic E-state index is 12.7. The van der Waals surface area contributed by atoms with Crippen LogP contribution in [0.2, 0.25) is 0 Å². The molecule has 0 spiro atoms. The van der Waals surface area contributed by atoms with Gasteiger partial charge < -0.3 is 14.7 Å². The van der Waals surface area contributed by atoms with Crippen LogP contribution in [0.5, 0.6) is 0 Å². The number of aryl methyl sites for hydroxylation is 1. The number of anilines is 1. The largest absolute Gasteiger partial charge is 0.359 e. The van der Waals surface area contributed by atoms with Crippen molar-refractivity contribution in [1.82, 2.24) is 10.1 Å². The Morgan fingerprint density at radius 3 is 2.68 bits per heavy atom. The van der Waals surface area contributed by atoms with Gasteiger partial charge in [0.25, 0.3) is 0 Å². The standard InChI is InChI=1S/C19H21N3O3/c1-11-9-14-5-3-4-6-15(14)10-22(11)19(24)18(23)20-16-12(2)21-25-17(16)13-7-8-13/h3-6,11,13H,7-10H2,1-2H3,(H,20,23). The van der Waals surface area contributed by atoms with Gasteiger partial charge in [-0.1, -0.05) is 29.4 Å². The van der Waals surface area contributed by atoms with Crippen molar-refractivity contribution in [1.29, 1.82) is 0 Å². The predicted octanol–water partition coefficient (Wildman–Crippen LogP) is 2.77. The summed E-state index contributed by atoms with van der Waals surface area (Å²) in [4.78, 5) is 26.9. The fourth-order valence-electron chi connectivity index (χ4n) is 3.41. The van der Waals surface area contributed by atoms with Crippen molar-refractivity contribution >= 4 is 17.5 Å². The Balaban J connectivity index is 1.51. The van der Waals surface area contributed by atoms with E-state index in [0.29, 0.717) is 29.6 Å². The van der Waals surface area contributed by atoms with E-state index in [4.69, 9.17) is 4.52 Å². The Hall–Kier alpha value is -2.63. The van der Waals surface area contributed by atoms with E-state index in [0.717, 1.165) is 24.8 Å². The molecule has 25 heavy (non-hydrogen) atoms. The van der Waals surface area contributed by atoms with Crippen LogP contribution in [0.1, 0.15) is 48.3 Å². The molecular weight excluding hydrogens is 318 g/mol. The number of aromatic nitrogens is 1. The molecule has 0 radical (unpaired) electrons. The molecule has 1 N–H and O–H groups in total. The van der Waals surface area contributed by atoms with Crippen LogP contribution in [0.4, 0.5) is 5.69 Å². The third-order valence-electron chi connectivity index (χ3n) is 5.04. The zero-order valence-electron chi connectivity index (χ0n) is 14.4. The first-order valence-corrected chi connectivity index (χ1v) is 8.69. The lowest BCUT2D eigenvalue weighted by molar-refractivity contribution is -0.145. The summed E-state index contributed by atoms with van der Waals surface area (Å²) < 4.78 is 5.32. The van der Waals surface area contributed by atoms with Crippen LogP contribution in [0.15, 0.2) is 28.8 Å². The van der Waals surface area contributed by atoms with Gasteiger partial charge >= 0.3 is 11.8 Å². The van der Waals surface area contributed by atoms with Crippen LogP contribution in [0.25, 0.3) is 0 Å². The Bertz CT molecular complexity index is 838. The first kappa shape index (κ1) is 15.9. The number of carbonyl (C=O) groups is 2. The zero-order chi connectivity index (χ0) is 17.6. The number of carbonyl (C=O) groups excluding carboxylic acids is 2. The lowest BCUT2D eigenvalue weighted by atomic mass is 9.95. The number of nitrogens with zero attached hydrogens (tertiary/aromatic N) is 2. The summed E-state index contributed by atoms with van der Waals surface area (Å²) in [6.07, 6.45) is 2.82. The molecule has 1 unspecified atom stereocenters. The maximum atomic E-state index is 12.7. The number of rotatable bonds is 2. The molecule has 6 heteroatoms. The molecule has 4 rings (SSSR count). The van der Waals surface area contributed by atoms with Gasteiger partial charge in [-0.05, 0) is 44.2 Å². The monoisotopic (exact) mass is 339 g/mol. The molecular formula is C19H21N3O3. The normalized spacial score (nSPS) is 19.4. The number of benzene rings is 1. The van der Waals surface area contributed by atoms with Gasteiger partial charge in [0, 0.05) is 18.5 Å². The first-order valence-electron chi connectivity index (χ1n) is 8.69. The number of hydrogen-bond acceptors (Lipinski definition) is 4. The second kappa shape index (κ2) is 6.02. The highest BCUT2D eigenvalue weighted by Gasteiger charge is 2.35. The van der Waals surface area contributed by atoms with Gasteiger partial charge in [-0.15, -0.1) is 0 Å². The van der Waals surface area contributed by atoms with Gasteiger partial charge in [0.2, 0.25) is 0 Å². The number of fused-ring (bicyclic) bond motifs is 1. The zero-order valence-corrected chi connectivity index (χ0v) is 14.4. The van der Waals surface area contributed by atoms with E-state index < -0.39 is 11.8 Å². The summed E-state index contributed by atoms with van der Waals surface area (Å²) in [5, 5.41) is 6.67.